The van der Waals surface area contributed by atoms with Crippen molar-refractivity contribution in [2.24, 2.45) is 22.7 Å². The minimum absolute atomic E-state index is 0. The predicted octanol–water partition coefficient (Wildman–Crippen LogP) is 3.09. The molecule has 0 aromatic heterocycles. The summed E-state index contributed by atoms with van der Waals surface area (Å²) in [7, 11) is 0. The Labute approximate surface area is 203 Å². The molecular formula is C24H42O6Ti. The van der Waals surface area contributed by atoms with Crippen LogP contribution in [0.5, 0.6) is 0 Å². The standard InChI is InChI=1S/2C12H22O3.Ti/c2*1-5-9(6-2)10(13)12(7-3,8-4)11(14)15;/h2*9H,5-8H2,1-4H3,(H,14,15);/q;;+2/p-2. The summed E-state index contributed by atoms with van der Waals surface area (Å²) in [5.74, 6) is -3.05. The van der Waals surface area contributed by atoms with Gasteiger partial charge < -0.3 is 19.8 Å². The molecule has 0 N–H and O–H groups in total. The number of rotatable bonds is 14. The minimum Gasteiger partial charge on any atom is -0.549 e. The molecule has 0 rings (SSSR count). The van der Waals surface area contributed by atoms with E-state index in [2.05, 4.69) is 0 Å². The van der Waals surface area contributed by atoms with Crippen molar-refractivity contribution in [2.45, 2.75) is 107 Å². The van der Waals surface area contributed by atoms with Crippen molar-refractivity contribution in [2.75, 3.05) is 0 Å². The monoisotopic (exact) mass is 474 g/mol. The van der Waals surface area contributed by atoms with Crippen molar-refractivity contribution in [3.8, 4) is 0 Å². The third kappa shape index (κ3) is 8.12. The number of hydrogen-bond acceptors (Lipinski definition) is 6. The van der Waals surface area contributed by atoms with Crippen molar-refractivity contribution < 1.29 is 51.1 Å². The molecule has 6 nitrogen and oxygen atoms in total. The van der Waals surface area contributed by atoms with Crippen LogP contribution >= 0.6 is 0 Å². The maximum atomic E-state index is 12.1. The topological polar surface area (TPSA) is 114 Å². The molecule has 0 radical (unpaired) electrons. The zero-order chi connectivity index (χ0) is 24.1. The Morgan fingerprint density at radius 2 is 0.742 bits per heavy atom. The van der Waals surface area contributed by atoms with Crippen molar-refractivity contribution in [3.05, 3.63) is 0 Å². The molecule has 31 heavy (non-hydrogen) atoms. The van der Waals surface area contributed by atoms with Gasteiger partial charge in [0.05, 0.1) is 22.8 Å². The Balaban J connectivity index is -0.000000490. The SMILES string of the molecule is CCC(CC)C(=O)C(CC)(CC)C(=O)[O-].CCC(CC)C(=O)C(CC)(CC)C(=O)[O-].[Ti+2]. The van der Waals surface area contributed by atoms with Crippen LogP contribution in [-0.2, 0) is 40.9 Å². The summed E-state index contributed by atoms with van der Waals surface area (Å²) in [4.78, 5) is 46.5. The van der Waals surface area contributed by atoms with Gasteiger partial charge >= 0.3 is 21.7 Å². The molecule has 0 amide bonds. The van der Waals surface area contributed by atoms with E-state index in [9.17, 15) is 29.4 Å². The molecule has 0 unspecified atom stereocenters. The summed E-state index contributed by atoms with van der Waals surface area (Å²) in [5.41, 5.74) is -2.53. The molecule has 0 bridgehead atoms. The van der Waals surface area contributed by atoms with Crippen LogP contribution < -0.4 is 10.2 Å². The average Bonchev–Trinajstić information content (AvgIpc) is 2.72. The molecule has 0 aliphatic heterocycles. The zero-order valence-electron chi connectivity index (χ0n) is 20.8. The number of Topliss-reactive ketones (excluding diaryl/α,β-unsaturated/α-hetero) is 2. The number of ketones is 2. The van der Waals surface area contributed by atoms with Crippen LogP contribution in [0.4, 0.5) is 0 Å². The first-order valence-corrected chi connectivity index (χ1v) is 11.5. The van der Waals surface area contributed by atoms with Crippen LogP contribution in [0.2, 0.25) is 0 Å². The van der Waals surface area contributed by atoms with Crippen LogP contribution in [0.15, 0.2) is 0 Å². The largest absolute Gasteiger partial charge is 2.00 e. The first kappa shape index (κ1) is 34.6. The van der Waals surface area contributed by atoms with Crippen molar-refractivity contribution in [3.63, 3.8) is 0 Å². The van der Waals surface area contributed by atoms with E-state index >= 15 is 0 Å². The van der Waals surface area contributed by atoms with Gasteiger partial charge in [-0.05, 0) is 51.4 Å². The predicted molar refractivity (Wildman–Crippen MR) is 114 cm³/mol. The second kappa shape index (κ2) is 16.6. The average molecular weight is 474 g/mol. The summed E-state index contributed by atoms with van der Waals surface area (Å²) >= 11 is 0. The normalized spacial score (nSPS) is 11.4. The van der Waals surface area contributed by atoms with Gasteiger partial charge in [-0.25, -0.2) is 0 Å². The molecule has 0 spiro atoms. The fourth-order valence-electron chi connectivity index (χ4n) is 4.08. The van der Waals surface area contributed by atoms with E-state index in [0.29, 0.717) is 51.4 Å². The molecule has 0 aliphatic rings. The second-order valence-electron chi connectivity index (χ2n) is 7.91. The van der Waals surface area contributed by atoms with Crippen molar-refractivity contribution >= 4 is 23.5 Å². The van der Waals surface area contributed by atoms with Crippen LogP contribution in [-0.4, -0.2) is 23.5 Å². The number of carbonyl (C=O) groups excluding carboxylic acids is 4. The van der Waals surface area contributed by atoms with Gasteiger partial charge in [-0.15, -0.1) is 0 Å². The molecule has 0 aromatic carbocycles. The Morgan fingerprint density at radius 3 is 0.839 bits per heavy atom. The molecular weight excluding hydrogens is 432 g/mol. The Hall–Kier alpha value is -1.01. The molecule has 0 fully saturated rings. The summed E-state index contributed by atoms with van der Waals surface area (Å²) in [6.45, 7) is 14.6. The third-order valence-electron chi connectivity index (χ3n) is 6.85. The molecule has 7 heteroatoms. The number of aliphatic carboxylic acids is 2. The maximum absolute atomic E-state index is 12.1. The first-order valence-electron chi connectivity index (χ1n) is 11.5. The molecule has 0 saturated carbocycles. The van der Waals surface area contributed by atoms with E-state index in [0.717, 1.165) is 0 Å². The smallest absolute Gasteiger partial charge is 0.549 e. The quantitative estimate of drug-likeness (QED) is 0.282. The van der Waals surface area contributed by atoms with Gasteiger partial charge in [-0.1, -0.05) is 55.4 Å². The Morgan fingerprint density at radius 1 is 0.548 bits per heavy atom. The summed E-state index contributed by atoms with van der Waals surface area (Å²) < 4.78 is 0. The molecule has 0 saturated heterocycles. The first-order chi connectivity index (χ1) is 14.0. The van der Waals surface area contributed by atoms with E-state index in [1.54, 1.807) is 27.7 Å². The van der Waals surface area contributed by atoms with Crippen LogP contribution in [0, 0.1) is 22.7 Å². The van der Waals surface area contributed by atoms with E-state index < -0.39 is 22.8 Å². The molecule has 0 heterocycles. The minimum atomic E-state index is -1.27. The van der Waals surface area contributed by atoms with Gasteiger partial charge in [0, 0.05) is 11.8 Å². The van der Waals surface area contributed by atoms with Gasteiger partial charge in [0.1, 0.15) is 11.6 Å². The zero-order valence-corrected chi connectivity index (χ0v) is 22.3. The number of hydrogen-bond donors (Lipinski definition) is 0. The molecule has 178 valence electrons. The van der Waals surface area contributed by atoms with Crippen molar-refractivity contribution in [1.82, 2.24) is 0 Å². The fourth-order valence-corrected chi connectivity index (χ4v) is 4.08. The van der Waals surface area contributed by atoms with E-state index in [1.165, 1.54) is 0 Å². The Bertz CT molecular complexity index is 506. The molecule has 0 aromatic rings. The van der Waals surface area contributed by atoms with E-state index in [1.807, 2.05) is 27.7 Å². The van der Waals surface area contributed by atoms with Crippen LogP contribution in [0.3, 0.4) is 0 Å². The van der Waals surface area contributed by atoms with E-state index in [4.69, 9.17) is 0 Å². The van der Waals surface area contributed by atoms with Gasteiger partial charge in [0.15, 0.2) is 0 Å². The summed E-state index contributed by atoms with van der Waals surface area (Å²) in [5, 5.41) is 22.3. The second-order valence-corrected chi connectivity index (χ2v) is 7.91. The summed E-state index contributed by atoms with van der Waals surface area (Å²) in [6.07, 6.45) is 4.08. The Kier molecular flexibility index (Phi) is 18.5. The number of carbonyl (C=O) groups is 4. The maximum Gasteiger partial charge on any atom is 2.00 e. The van der Waals surface area contributed by atoms with Crippen LogP contribution in [0.25, 0.3) is 0 Å². The van der Waals surface area contributed by atoms with Gasteiger partial charge in [-0.2, -0.15) is 0 Å². The summed E-state index contributed by atoms with van der Waals surface area (Å²) in [6, 6.07) is 0. The van der Waals surface area contributed by atoms with Gasteiger partial charge in [-0.3, -0.25) is 9.59 Å². The van der Waals surface area contributed by atoms with Gasteiger partial charge in [0.2, 0.25) is 0 Å². The molecule has 0 aliphatic carbocycles. The third-order valence-corrected chi connectivity index (χ3v) is 6.85. The van der Waals surface area contributed by atoms with E-state index in [-0.39, 0.29) is 45.1 Å². The van der Waals surface area contributed by atoms with Crippen molar-refractivity contribution in [1.29, 1.82) is 0 Å². The number of carboxylic acid groups (broad SMARTS) is 2. The number of carboxylic acids is 2. The molecule has 0 atom stereocenters. The van der Waals surface area contributed by atoms with Gasteiger partial charge in [0.25, 0.3) is 0 Å². The van der Waals surface area contributed by atoms with Crippen LogP contribution in [0.1, 0.15) is 107 Å². The fraction of sp³-hybridized carbons (Fsp3) is 0.833.